The first-order chi connectivity index (χ1) is 13.0. The Hall–Kier alpha value is -3.53. The third-order valence-electron chi connectivity index (χ3n) is 4.06. The number of methoxy groups -OCH3 is 2. The van der Waals surface area contributed by atoms with Crippen LogP contribution in [0.15, 0.2) is 24.4 Å². The van der Waals surface area contributed by atoms with E-state index in [2.05, 4.69) is 26.9 Å². The van der Waals surface area contributed by atoms with Crippen molar-refractivity contribution in [1.29, 1.82) is 0 Å². The number of carbonyl (C=O) groups is 2. The second-order valence-corrected chi connectivity index (χ2v) is 5.69. The van der Waals surface area contributed by atoms with Crippen LogP contribution in [0.25, 0.3) is 11.6 Å². The molecule has 1 amide bonds. The molecule has 2 N–H and O–H groups in total. The molecule has 138 valence electrons. The molecule has 1 aromatic carbocycles. The topological polar surface area (TPSA) is 80.4 Å². The standard InChI is InChI=1S/C20H17FN2O4/c1-26-17-9-10-22-16(17)11-13-19-12(5-3-4-6-18(24)27-2)14(21)7-8-15(19)23-20(13)25/h7-11,22H,4,6H2,1-2H3,(H,23,25). The largest absolute Gasteiger partial charge is 0.495 e. The molecule has 0 fully saturated rings. The summed E-state index contributed by atoms with van der Waals surface area (Å²) >= 11 is 0. The number of benzene rings is 1. The zero-order chi connectivity index (χ0) is 19.4. The van der Waals surface area contributed by atoms with E-state index >= 15 is 0 Å². The maximum absolute atomic E-state index is 14.4. The van der Waals surface area contributed by atoms with E-state index in [9.17, 15) is 14.0 Å². The number of H-pyrrole nitrogens is 1. The van der Waals surface area contributed by atoms with Crippen molar-refractivity contribution in [2.45, 2.75) is 12.8 Å². The molecule has 6 nitrogen and oxygen atoms in total. The summed E-state index contributed by atoms with van der Waals surface area (Å²) in [7, 11) is 2.81. The molecule has 7 heteroatoms. The molecular formula is C20H17FN2O4. The lowest BCUT2D eigenvalue weighted by molar-refractivity contribution is -0.140. The molecule has 0 saturated heterocycles. The molecule has 1 aliphatic rings. The Morgan fingerprint density at radius 3 is 2.85 bits per heavy atom. The van der Waals surface area contributed by atoms with E-state index in [0.717, 1.165) is 0 Å². The van der Waals surface area contributed by atoms with Crippen LogP contribution in [0.5, 0.6) is 5.75 Å². The van der Waals surface area contributed by atoms with E-state index in [1.165, 1.54) is 26.4 Å². The highest BCUT2D eigenvalue weighted by Gasteiger charge is 2.28. The normalized spacial score (nSPS) is 13.6. The van der Waals surface area contributed by atoms with Crippen LogP contribution < -0.4 is 10.1 Å². The van der Waals surface area contributed by atoms with Gasteiger partial charge < -0.3 is 19.8 Å². The average Bonchev–Trinajstić information content (AvgIpc) is 3.24. The van der Waals surface area contributed by atoms with Gasteiger partial charge in [-0.15, -0.1) is 0 Å². The summed E-state index contributed by atoms with van der Waals surface area (Å²) in [5, 5.41) is 2.71. The first-order valence-electron chi connectivity index (χ1n) is 8.18. The third kappa shape index (κ3) is 3.70. The number of hydrogen-bond acceptors (Lipinski definition) is 4. The van der Waals surface area contributed by atoms with Gasteiger partial charge in [0.05, 0.1) is 43.2 Å². The van der Waals surface area contributed by atoms with E-state index in [1.54, 1.807) is 18.3 Å². The van der Waals surface area contributed by atoms with Crippen LogP contribution >= 0.6 is 0 Å². The zero-order valence-electron chi connectivity index (χ0n) is 14.8. The Bertz CT molecular complexity index is 995. The molecule has 0 atom stereocenters. The van der Waals surface area contributed by atoms with Gasteiger partial charge in [0.25, 0.3) is 5.91 Å². The van der Waals surface area contributed by atoms with Crippen molar-refractivity contribution in [1.82, 2.24) is 4.98 Å². The SMILES string of the molecule is COC(=O)CCC#Cc1c(F)ccc2c1C(=Cc1[nH]ccc1OC)C(=O)N2. The number of anilines is 1. The van der Waals surface area contributed by atoms with Gasteiger partial charge in [-0.05, 0) is 24.3 Å². The Labute approximate surface area is 155 Å². The summed E-state index contributed by atoms with van der Waals surface area (Å²) in [6.45, 7) is 0. The van der Waals surface area contributed by atoms with Crippen LogP contribution in [0.1, 0.15) is 29.7 Å². The van der Waals surface area contributed by atoms with Crippen LogP contribution in [-0.4, -0.2) is 31.1 Å². The Morgan fingerprint density at radius 2 is 2.11 bits per heavy atom. The Morgan fingerprint density at radius 1 is 1.30 bits per heavy atom. The Kier molecular flexibility index (Phi) is 5.27. The third-order valence-corrected chi connectivity index (χ3v) is 4.06. The Balaban J connectivity index is 2.02. The summed E-state index contributed by atoms with van der Waals surface area (Å²) in [6.07, 6.45) is 3.61. The van der Waals surface area contributed by atoms with Crippen LogP contribution in [0.3, 0.4) is 0 Å². The van der Waals surface area contributed by atoms with E-state index in [1.807, 2.05) is 0 Å². The number of hydrogen-bond donors (Lipinski definition) is 2. The molecule has 0 saturated carbocycles. The summed E-state index contributed by atoms with van der Waals surface area (Å²) in [6, 6.07) is 4.47. The highest BCUT2D eigenvalue weighted by atomic mass is 19.1. The van der Waals surface area contributed by atoms with Gasteiger partial charge in [-0.25, -0.2) is 4.39 Å². The number of amides is 1. The van der Waals surface area contributed by atoms with E-state index < -0.39 is 5.82 Å². The van der Waals surface area contributed by atoms with Crippen molar-refractivity contribution in [3.05, 3.63) is 47.0 Å². The first-order valence-corrected chi connectivity index (χ1v) is 8.18. The fourth-order valence-corrected chi connectivity index (χ4v) is 2.74. The van der Waals surface area contributed by atoms with Crippen LogP contribution in [0.4, 0.5) is 10.1 Å². The second kappa shape index (κ2) is 7.79. The van der Waals surface area contributed by atoms with Crippen LogP contribution in [0, 0.1) is 17.7 Å². The molecule has 2 aromatic rings. The van der Waals surface area contributed by atoms with Gasteiger partial charge in [-0.1, -0.05) is 11.8 Å². The first kappa shape index (κ1) is 18.3. The number of aromatic nitrogens is 1. The summed E-state index contributed by atoms with van der Waals surface area (Å²) in [4.78, 5) is 26.6. The summed E-state index contributed by atoms with van der Waals surface area (Å²) in [5.41, 5.74) is 1.84. The molecule has 27 heavy (non-hydrogen) atoms. The van der Waals surface area contributed by atoms with Gasteiger partial charge >= 0.3 is 5.97 Å². The number of carbonyl (C=O) groups excluding carboxylic acids is 2. The summed E-state index contributed by atoms with van der Waals surface area (Å²) in [5.74, 6) is 4.78. The van der Waals surface area contributed by atoms with Gasteiger partial charge in [0.1, 0.15) is 11.6 Å². The molecule has 1 aliphatic heterocycles. The minimum Gasteiger partial charge on any atom is -0.495 e. The molecule has 0 radical (unpaired) electrons. The molecule has 0 bridgehead atoms. The molecule has 0 unspecified atom stereocenters. The zero-order valence-corrected chi connectivity index (χ0v) is 14.8. The van der Waals surface area contributed by atoms with Crippen molar-refractivity contribution in [2.75, 3.05) is 19.5 Å². The highest BCUT2D eigenvalue weighted by molar-refractivity contribution is 6.35. The predicted molar refractivity (Wildman–Crippen MR) is 98.4 cm³/mol. The maximum Gasteiger partial charge on any atom is 0.306 e. The lowest BCUT2D eigenvalue weighted by Gasteiger charge is -2.04. The van der Waals surface area contributed by atoms with Crippen molar-refractivity contribution in [3.8, 4) is 17.6 Å². The van der Waals surface area contributed by atoms with E-state index in [4.69, 9.17) is 4.74 Å². The van der Waals surface area contributed by atoms with Crippen molar-refractivity contribution in [3.63, 3.8) is 0 Å². The second-order valence-electron chi connectivity index (χ2n) is 5.69. The van der Waals surface area contributed by atoms with Crippen molar-refractivity contribution >= 4 is 29.2 Å². The van der Waals surface area contributed by atoms with E-state index in [0.29, 0.717) is 22.7 Å². The lowest BCUT2D eigenvalue weighted by atomic mass is 9.99. The lowest BCUT2D eigenvalue weighted by Crippen LogP contribution is -2.03. The van der Waals surface area contributed by atoms with Crippen LogP contribution in [0.2, 0.25) is 0 Å². The predicted octanol–water partition coefficient (Wildman–Crippen LogP) is 2.96. The molecule has 0 aliphatic carbocycles. The molecule has 3 rings (SSSR count). The van der Waals surface area contributed by atoms with Gasteiger partial charge in [0, 0.05) is 18.2 Å². The number of aromatic amines is 1. The fourth-order valence-electron chi connectivity index (χ4n) is 2.74. The van der Waals surface area contributed by atoms with Gasteiger partial charge in [-0.2, -0.15) is 0 Å². The number of fused-ring (bicyclic) bond motifs is 1. The molecule has 0 spiro atoms. The molecular weight excluding hydrogens is 351 g/mol. The quantitative estimate of drug-likeness (QED) is 0.494. The highest BCUT2D eigenvalue weighted by Crippen LogP contribution is 2.37. The summed E-state index contributed by atoms with van der Waals surface area (Å²) < 4.78 is 24.2. The molecule has 2 heterocycles. The number of halogens is 1. The van der Waals surface area contributed by atoms with Gasteiger partial charge in [0.2, 0.25) is 0 Å². The number of ether oxygens (including phenoxy) is 2. The molecule has 1 aromatic heterocycles. The maximum atomic E-state index is 14.4. The average molecular weight is 368 g/mol. The fraction of sp³-hybridized carbons (Fsp3) is 0.200. The number of rotatable bonds is 4. The van der Waals surface area contributed by atoms with Crippen LogP contribution in [-0.2, 0) is 14.3 Å². The van der Waals surface area contributed by atoms with Crippen molar-refractivity contribution < 1.29 is 23.5 Å². The van der Waals surface area contributed by atoms with Crippen molar-refractivity contribution in [2.24, 2.45) is 0 Å². The van der Waals surface area contributed by atoms with Gasteiger partial charge in [-0.3, -0.25) is 9.59 Å². The van der Waals surface area contributed by atoms with E-state index in [-0.39, 0.29) is 35.9 Å². The van der Waals surface area contributed by atoms with Gasteiger partial charge in [0.15, 0.2) is 0 Å². The number of nitrogens with one attached hydrogen (secondary N) is 2. The number of esters is 1. The monoisotopic (exact) mass is 368 g/mol. The minimum absolute atomic E-state index is 0.104. The minimum atomic E-state index is -0.542. The smallest absolute Gasteiger partial charge is 0.306 e.